The van der Waals surface area contributed by atoms with Gasteiger partial charge in [-0.3, -0.25) is 4.79 Å². The summed E-state index contributed by atoms with van der Waals surface area (Å²) < 4.78 is -0.364. The van der Waals surface area contributed by atoms with Crippen LogP contribution in [-0.4, -0.2) is 21.3 Å². The third-order valence-corrected chi connectivity index (χ3v) is 3.69. The molecule has 0 bridgehead atoms. The number of carbonyl (C=O) groups excluding carboxylic acids is 1. The van der Waals surface area contributed by atoms with Crippen molar-refractivity contribution in [2.75, 3.05) is 0 Å². The molecule has 0 spiro atoms. The Morgan fingerprint density at radius 3 is 2.45 bits per heavy atom. The molecule has 0 aromatic rings. The maximum Gasteiger partial charge on any atom is 0.281 e. The Morgan fingerprint density at radius 2 is 2.27 bits per heavy atom. The summed E-state index contributed by atoms with van der Waals surface area (Å²) in [5.41, 5.74) is 0. The number of amides is 1. The second-order valence-corrected chi connectivity index (χ2v) is 4.73. The highest BCUT2D eigenvalue weighted by Crippen LogP contribution is 2.39. The van der Waals surface area contributed by atoms with Crippen molar-refractivity contribution in [2.24, 2.45) is 5.92 Å². The van der Waals surface area contributed by atoms with Gasteiger partial charge < -0.3 is 10.4 Å². The maximum absolute atomic E-state index is 10.9. The molecule has 0 aromatic heterocycles. The fourth-order valence-electron chi connectivity index (χ4n) is 0.974. The number of rotatable bonds is 1. The molecule has 3 nitrogen and oxygen atoms in total. The molecule has 64 valence electrons. The van der Waals surface area contributed by atoms with E-state index in [-0.39, 0.29) is 15.9 Å². The molecule has 1 rings (SSSR count). The minimum Gasteiger partial charge on any atom is -0.372 e. The zero-order chi connectivity index (χ0) is 8.65. The van der Waals surface area contributed by atoms with Crippen LogP contribution in [0.1, 0.15) is 20.8 Å². The Bertz CT molecular complexity index is 183. The number of carbonyl (C=O) groups is 1. The van der Waals surface area contributed by atoms with E-state index in [1.54, 1.807) is 0 Å². The molecule has 0 radical (unpaired) electrons. The Labute approximate surface area is 70.6 Å². The summed E-state index contributed by atoms with van der Waals surface area (Å²) in [6.45, 7) is 5.89. The van der Waals surface area contributed by atoms with E-state index in [4.69, 9.17) is 0 Å². The Hall–Kier alpha value is -0.220. The summed E-state index contributed by atoms with van der Waals surface area (Å²) in [5.74, 6) is 0.279. The molecule has 1 aliphatic rings. The van der Waals surface area contributed by atoms with Gasteiger partial charge in [0, 0.05) is 0 Å². The molecule has 1 heterocycles. The SMILES string of the molecule is CC(C)C1(C)SC(=O)NC1O. The molecule has 2 N–H and O–H groups in total. The van der Waals surface area contributed by atoms with Crippen LogP contribution in [-0.2, 0) is 0 Å². The second kappa shape index (κ2) is 2.68. The largest absolute Gasteiger partial charge is 0.372 e. The molecule has 0 aliphatic carbocycles. The normalized spacial score (nSPS) is 37.9. The van der Waals surface area contributed by atoms with Gasteiger partial charge in [0.2, 0.25) is 0 Å². The summed E-state index contributed by atoms with van der Waals surface area (Å²) in [6.07, 6.45) is -0.708. The summed E-state index contributed by atoms with van der Waals surface area (Å²) in [4.78, 5) is 10.9. The molecule has 1 aliphatic heterocycles. The predicted octanol–water partition coefficient (Wildman–Crippen LogP) is 1.18. The van der Waals surface area contributed by atoms with Crippen LogP contribution in [0.15, 0.2) is 0 Å². The number of hydrogen-bond donors (Lipinski definition) is 2. The van der Waals surface area contributed by atoms with Gasteiger partial charge in [-0.25, -0.2) is 0 Å². The number of nitrogens with one attached hydrogen (secondary N) is 1. The van der Waals surface area contributed by atoms with Crippen molar-refractivity contribution in [3.05, 3.63) is 0 Å². The second-order valence-electron chi connectivity index (χ2n) is 3.27. The van der Waals surface area contributed by atoms with Crippen LogP contribution in [0.3, 0.4) is 0 Å². The van der Waals surface area contributed by atoms with Crippen LogP contribution >= 0.6 is 11.8 Å². The van der Waals surface area contributed by atoms with Gasteiger partial charge >= 0.3 is 0 Å². The van der Waals surface area contributed by atoms with Gasteiger partial charge in [0.25, 0.3) is 5.24 Å². The summed E-state index contributed by atoms with van der Waals surface area (Å²) in [5, 5.41) is 11.8. The molecule has 2 atom stereocenters. The highest BCUT2D eigenvalue weighted by atomic mass is 32.2. The van der Waals surface area contributed by atoms with Crippen LogP contribution in [0.5, 0.6) is 0 Å². The zero-order valence-electron chi connectivity index (χ0n) is 6.92. The van der Waals surface area contributed by atoms with E-state index >= 15 is 0 Å². The lowest BCUT2D eigenvalue weighted by atomic mass is 9.95. The van der Waals surface area contributed by atoms with Crippen LogP contribution in [0.2, 0.25) is 0 Å². The lowest BCUT2D eigenvalue weighted by Crippen LogP contribution is -2.42. The van der Waals surface area contributed by atoms with Crippen molar-refractivity contribution in [3.63, 3.8) is 0 Å². The molecular weight excluding hydrogens is 162 g/mol. The third kappa shape index (κ3) is 1.37. The Balaban J connectivity index is 2.78. The van der Waals surface area contributed by atoms with E-state index in [0.717, 1.165) is 0 Å². The van der Waals surface area contributed by atoms with E-state index < -0.39 is 6.23 Å². The van der Waals surface area contributed by atoms with Gasteiger partial charge in [0.15, 0.2) is 0 Å². The van der Waals surface area contributed by atoms with Crippen molar-refractivity contribution in [3.8, 4) is 0 Å². The first-order chi connectivity index (χ1) is 4.97. The van der Waals surface area contributed by atoms with E-state index in [9.17, 15) is 9.90 Å². The van der Waals surface area contributed by atoms with Crippen molar-refractivity contribution in [1.82, 2.24) is 5.32 Å². The third-order valence-electron chi connectivity index (χ3n) is 2.26. The number of hydrogen-bond acceptors (Lipinski definition) is 3. The van der Waals surface area contributed by atoms with Crippen molar-refractivity contribution < 1.29 is 9.90 Å². The van der Waals surface area contributed by atoms with Crippen LogP contribution in [0.25, 0.3) is 0 Å². The fourth-order valence-corrected chi connectivity index (χ4v) is 1.95. The fraction of sp³-hybridized carbons (Fsp3) is 0.857. The van der Waals surface area contributed by atoms with Crippen molar-refractivity contribution in [1.29, 1.82) is 0 Å². The Kier molecular flexibility index (Phi) is 2.16. The topological polar surface area (TPSA) is 49.3 Å². The molecule has 1 saturated heterocycles. The van der Waals surface area contributed by atoms with E-state index in [1.807, 2.05) is 20.8 Å². The van der Waals surface area contributed by atoms with Crippen LogP contribution in [0.4, 0.5) is 4.79 Å². The molecule has 0 aromatic carbocycles. The van der Waals surface area contributed by atoms with Gasteiger partial charge in [-0.15, -0.1) is 0 Å². The highest BCUT2D eigenvalue weighted by Gasteiger charge is 2.45. The predicted molar refractivity (Wildman–Crippen MR) is 45.4 cm³/mol. The van der Waals surface area contributed by atoms with E-state index in [2.05, 4.69) is 5.32 Å². The molecule has 0 saturated carbocycles. The molecule has 4 heteroatoms. The lowest BCUT2D eigenvalue weighted by molar-refractivity contribution is 0.101. The van der Waals surface area contributed by atoms with Gasteiger partial charge in [0.1, 0.15) is 6.23 Å². The van der Waals surface area contributed by atoms with E-state index in [1.165, 1.54) is 11.8 Å². The van der Waals surface area contributed by atoms with Gasteiger partial charge in [-0.2, -0.15) is 0 Å². The van der Waals surface area contributed by atoms with E-state index in [0.29, 0.717) is 0 Å². The summed E-state index contributed by atoms with van der Waals surface area (Å²) >= 11 is 1.18. The lowest BCUT2D eigenvalue weighted by Gasteiger charge is -2.28. The van der Waals surface area contributed by atoms with Crippen molar-refractivity contribution >= 4 is 17.0 Å². The summed E-state index contributed by atoms with van der Waals surface area (Å²) in [6, 6.07) is 0. The molecular formula is C7H13NO2S. The van der Waals surface area contributed by atoms with Gasteiger partial charge in [-0.1, -0.05) is 25.6 Å². The first-order valence-electron chi connectivity index (χ1n) is 3.64. The summed E-state index contributed by atoms with van der Waals surface area (Å²) in [7, 11) is 0. The van der Waals surface area contributed by atoms with Crippen LogP contribution < -0.4 is 5.32 Å². The first-order valence-corrected chi connectivity index (χ1v) is 4.46. The monoisotopic (exact) mass is 175 g/mol. The Morgan fingerprint density at radius 1 is 1.73 bits per heavy atom. The van der Waals surface area contributed by atoms with Crippen LogP contribution in [0, 0.1) is 5.92 Å². The standard InChI is InChI=1S/C7H13NO2S/c1-4(2)7(3)5(9)8-6(10)11-7/h4-5,9H,1-3H3,(H,8,10). The zero-order valence-corrected chi connectivity index (χ0v) is 7.73. The smallest absolute Gasteiger partial charge is 0.281 e. The molecule has 1 fully saturated rings. The first kappa shape index (κ1) is 8.87. The van der Waals surface area contributed by atoms with Gasteiger partial charge in [0.05, 0.1) is 4.75 Å². The maximum atomic E-state index is 10.9. The highest BCUT2D eigenvalue weighted by molar-refractivity contribution is 8.15. The number of thioether (sulfide) groups is 1. The minimum absolute atomic E-state index is 0.131. The molecule has 2 unspecified atom stereocenters. The number of aliphatic hydroxyl groups is 1. The average molecular weight is 175 g/mol. The average Bonchev–Trinajstić information content (AvgIpc) is 2.08. The van der Waals surface area contributed by atoms with Crippen molar-refractivity contribution in [2.45, 2.75) is 31.7 Å². The molecule has 11 heavy (non-hydrogen) atoms. The molecule has 1 amide bonds. The minimum atomic E-state index is -0.708. The quantitative estimate of drug-likeness (QED) is 0.629. The number of aliphatic hydroxyl groups excluding tert-OH is 1. The van der Waals surface area contributed by atoms with Gasteiger partial charge in [-0.05, 0) is 12.8 Å².